The van der Waals surface area contributed by atoms with Gasteiger partial charge in [-0.1, -0.05) is 0 Å². The molecule has 0 atom stereocenters. The van der Waals surface area contributed by atoms with Crippen molar-refractivity contribution in [2.45, 2.75) is 5.92 Å². The summed E-state index contributed by atoms with van der Waals surface area (Å²) in [5, 5.41) is 0. The number of esters is 2. The van der Waals surface area contributed by atoms with Gasteiger partial charge in [-0.3, -0.25) is 4.79 Å². The molecule has 0 aliphatic rings. The molecule has 0 spiro atoms. The highest BCUT2D eigenvalue weighted by molar-refractivity contribution is 6.40. The van der Waals surface area contributed by atoms with Gasteiger partial charge in [0, 0.05) is 11.1 Å². The average molecular weight is 386 g/mol. The van der Waals surface area contributed by atoms with E-state index in [1.807, 2.05) is 0 Å². The Morgan fingerprint density at radius 1 is 0.778 bits per heavy atom. The van der Waals surface area contributed by atoms with Gasteiger partial charge < -0.3 is 9.47 Å². The fourth-order valence-corrected chi connectivity index (χ4v) is 1.72. The second-order valence-corrected chi connectivity index (χ2v) is 4.90. The van der Waals surface area contributed by atoms with Crippen LogP contribution >= 0.6 is 0 Å². The van der Waals surface area contributed by atoms with E-state index < -0.39 is 40.8 Å². The van der Waals surface area contributed by atoms with E-state index in [1.165, 1.54) is 12.1 Å². The molecule has 0 saturated carbocycles. The highest BCUT2D eigenvalue weighted by Gasteiger charge is 2.42. The molecule has 0 fully saturated rings. The van der Waals surface area contributed by atoms with Crippen LogP contribution in [0.2, 0.25) is 0 Å². The molecule has 144 valence electrons. The maximum absolute atomic E-state index is 13.1. The van der Waals surface area contributed by atoms with Gasteiger partial charge in [-0.25, -0.2) is 18.4 Å². The first-order valence-electron chi connectivity index (χ1n) is 7.24. The van der Waals surface area contributed by atoms with Crippen molar-refractivity contribution in [1.82, 2.24) is 0 Å². The second kappa shape index (κ2) is 9.46. The number of carbonyl (C=O) groups excluding carboxylic acids is 3. The van der Waals surface area contributed by atoms with Crippen molar-refractivity contribution in [3.8, 4) is 0 Å². The minimum Gasteiger partial charge on any atom is -0.464 e. The smallest absolute Gasteiger partial charge is 0.381 e. The third kappa shape index (κ3) is 5.91. The Hall–Kier alpha value is -3.23. The number of carbonyl (C=O) groups is 3. The summed E-state index contributed by atoms with van der Waals surface area (Å²) < 4.78 is 59.1. The quantitative estimate of drug-likeness (QED) is 0.349. The highest BCUT2D eigenvalue weighted by Crippen LogP contribution is 2.29. The van der Waals surface area contributed by atoms with Gasteiger partial charge in [0.15, 0.2) is 0 Å². The third-order valence-electron chi connectivity index (χ3n) is 3.13. The summed E-state index contributed by atoms with van der Waals surface area (Å²) in [6.45, 7) is 0. The summed E-state index contributed by atoms with van der Waals surface area (Å²) in [4.78, 5) is 32.5. The van der Waals surface area contributed by atoms with E-state index in [2.05, 4.69) is 9.47 Å². The summed E-state index contributed by atoms with van der Waals surface area (Å²) in [6, 6.07) is 8.06. The normalized spacial score (nSPS) is 10.3. The number of benzene rings is 2. The van der Waals surface area contributed by atoms with Crippen molar-refractivity contribution in [3.05, 3.63) is 71.3 Å². The number of hydrogen-bond donors (Lipinski definition) is 0. The van der Waals surface area contributed by atoms with Crippen LogP contribution in [0.4, 0.5) is 17.6 Å². The summed E-state index contributed by atoms with van der Waals surface area (Å²) in [6.07, 6.45) is 0. The molecular weight excluding hydrogens is 372 g/mol. The SMILES string of the molecule is COC(=O)C(=O)c1ccc(F)cc1.COC(=O)C(F)(F)c1ccc(F)cc1. The van der Waals surface area contributed by atoms with E-state index in [-0.39, 0.29) is 5.56 Å². The van der Waals surface area contributed by atoms with E-state index >= 15 is 0 Å². The zero-order chi connectivity index (χ0) is 20.6. The first-order valence-corrected chi connectivity index (χ1v) is 7.24. The number of Topliss-reactive ketones (excluding diaryl/α,β-unsaturated/α-hetero) is 1. The molecular formula is C18H14F4O5. The molecule has 0 saturated heterocycles. The third-order valence-corrected chi connectivity index (χ3v) is 3.13. The van der Waals surface area contributed by atoms with Crippen molar-refractivity contribution in [2.75, 3.05) is 14.2 Å². The van der Waals surface area contributed by atoms with Crippen LogP contribution in [-0.4, -0.2) is 31.9 Å². The Labute approximate surface area is 151 Å². The van der Waals surface area contributed by atoms with Crippen LogP contribution in [0.15, 0.2) is 48.5 Å². The van der Waals surface area contributed by atoms with Crippen molar-refractivity contribution in [3.63, 3.8) is 0 Å². The van der Waals surface area contributed by atoms with E-state index in [9.17, 15) is 31.9 Å². The standard InChI is InChI=1S/C9H7F3O2.C9H7FO3/c1-14-8(13)9(11,12)6-2-4-7(10)5-3-6;1-13-9(12)8(11)6-2-4-7(10)5-3-6/h2-5H,1H3;2-5H,1H3. The molecule has 0 heterocycles. The van der Waals surface area contributed by atoms with Gasteiger partial charge in [0.1, 0.15) is 11.6 Å². The molecule has 27 heavy (non-hydrogen) atoms. The zero-order valence-electron chi connectivity index (χ0n) is 14.2. The van der Waals surface area contributed by atoms with Crippen LogP contribution in [0.3, 0.4) is 0 Å². The van der Waals surface area contributed by atoms with Crippen LogP contribution < -0.4 is 0 Å². The summed E-state index contributed by atoms with van der Waals surface area (Å²) in [5.41, 5.74) is -0.473. The molecule has 9 heteroatoms. The molecule has 2 aromatic carbocycles. The predicted molar refractivity (Wildman–Crippen MR) is 85.1 cm³/mol. The predicted octanol–water partition coefficient (Wildman–Crippen LogP) is 3.27. The van der Waals surface area contributed by atoms with Gasteiger partial charge >= 0.3 is 17.9 Å². The minimum atomic E-state index is -3.73. The van der Waals surface area contributed by atoms with Crippen LogP contribution in [0.5, 0.6) is 0 Å². The number of hydrogen-bond acceptors (Lipinski definition) is 5. The number of halogens is 4. The molecule has 0 aliphatic heterocycles. The van der Waals surface area contributed by atoms with E-state index in [1.54, 1.807) is 0 Å². The second-order valence-electron chi connectivity index (χ2n) is 4.90. The van der Waals surface area contributed by atoms with Crippen molar-refractivity contribution < 1.29 is 41.4 Å². The maximum Gasteiger partial charge on any atom is 0.381 e. The zero-order valence-corrected chi connectivity index (χ0v) is 14.2. The van der Waals surface area contributed by atoms with Crippen molar-refractivity contribution in [1.29, 1.82) is 0 Å². The monoisotopic (exact) mass is 386 g/mol. The Balaban J connectivity index is 0.000000271. The Morgan fingerprint density at radius 3 is 1.63 bits per heavy atom. The van der Waals surface area contributed by atoms with Crippen molar-refractivity contribution >= 4 is 17.7 Å². The summed E-state index contributed by atoms with van der Waals surface area (Å²) >= 11 is 0. The maximum atomic E-state index is 13.1. The molecule has 2 aromatic rings. The Kier molecular flexibility index (Phi) is 7.64. The lowest BCUT2D eigenvalue weighted by Gasteiger charge is -2.13. The fraction of sp³-hybridized carbons (Fsp3) is 0.167. The van der Waals surface area contributed by atoms with Gasteiger partial charge in [0.2, 0.25) is 0 Å². The average Bonchev–Trinajstić information content (AvgIpc) is 2.67. The Bertz CT molecular complexity index is 802. The van der Waals surface area contributed by atoms with Crippen LogP contribution in [0.1, 0.15) is 15.9 Å². The lowest BCUT2D eigenvalue weighted by molar-refractivity contribution is -0.170. The van der Waals surface area contributed by atoms with Crippen LogP contribution in [0, 0.1) is 11.6 Å². The number of ketones is 1. The number of methoxy groups -OCH3 is 2. The van der Waals surface area contributed by atoms with Gasteiger partial charge in [0.25, 0.3) is 5.78 Å². The molecule has 0 unspecified atom stereocenters. The minimum absolute atomic E-state index is 0.119. The van der Waals surface area contributed by atoms with Crippen LogP contribution in [0.25, 0.3) is 0 Å². The van der Waals surface area contributed by atoms with Gasteiger partial charge in [-0.2, -0.15) is 8.78 Å². The molecule has 0 aliphatic carbocycles. The highest BCUT2D eigenvalue weighted by atomic mass is 19.3. The topological polar surface area (TPSA) is 69.7 Å². The first-order chi connectivity index (χ1) is 12.6. The largest absolute Gasteiger partial charge is 0.464 e. The molecule has 0 amide bonds. The lowest BCUT2D eigenvalue weighted by Crippen LogP contribution is -2.27. The molecule has 0 aromatic heterocycles. The van der Waals surface area contributed by atoms with Gasteiger partial charge in [-0.15, -0.1) is 0 Å². The number of ether oxygens (including phenoxy) is 2. The van der Waals surface area contributed by atoms with Crippen LogP contribution in [-0.2, 0) is 25.0 Å². The molecule has 2 rings (SSSR count). The molecule has 5 nitrogen and oxygen atoms in total. The summed E-state index contributed by atoms with van der Waals surface area (Å²) in [7, 11) is 1.98. The van der Waals surface area contributed by atoms with E-state index in [0.717, 1.165) is 50.6 Å². The molecule has 0 bridgehead atoms. The first kappa shape index (κ1) is 21.8. The summed E-state index contributed by atoms with van der Waals surface area (Å²) in [5.74, 6) is -8.23. The lowest BCUT2D eigenvalue weighted by atomic mass is 10.1. The molecule has 0 radical (unpaired) electrons. The van der Waals surface area contributed by atoms with Crippen molar-refractivity contribution in [2.24, 2.45) is 0 Å². The Morgan fingerprint density at radius 2 is 1.22 bits per heavy atom. The van der Waals surface area contributed by atoms with Gasteiger partial charge in [-0.05, 0) is 48.5 Å². The van der Waals surface area contributed by atoms with E-state index in [0.29, 0.717) is 0 Å². The van der Waals surface area contributed by atoms with E-state index in [4.69, 9.17) is 0 Å². The fourth-order valence-electron chi connectivity index (χ4n) is 1.72. The van der Waals surface area contributed by atoms with Gasteiger partial charge in [0.05, 0.1) is 14.2 Å². The molecule has 0 N–H and O–H groups in total. The number of rotatable bonds is 4. The number of alkyl halides is 2.